The quantitative estimate of drug-likeness (QED) is 0.628. The Kier molecular flexibility index (Phi) is 5.92. The summed E-state index contributed by atoms with van der Waals surface area (Å²) in [4.78, 5) is 5.11. The number of rotatable bonds is 4. The Morgan fingerprint density at radius 1 is 1.10 bits per heavy atom. The number of fused-ring (bicyclic) bond motifs is 1. The van der Waals surface area contributed by atoms with E-state index in [0.717, 1.165) is 30.6 Å². The molecule has 1 saturated carbocycles. The average Bonchev–Trinajstić information content (AvgIpc) is 3.08. The minimum absolute atomic E-state index is 0.0621. The maximum Gasteiger partial charge on any atom is 0.248 e. The van der Waals surface area contributed by atoms with Gasteiger partial charge in [0, 0.05) is 37.9 Å². The van der Waals surface area contributed by atoms with Crippen LogP contribution in [0.3, 0.4) is 0 Å². The molecule has 2 fully saturated rings. The molecule has 0 radical (unpaired) electrons. The van der Waals surface area contributed by atoms with Crippen LogP contribution in [-0.2, 0) is 22.0 Å². The molecule has 2 aromatic rings. The Labute approximate surface area is 183 Å². The predicted octanol–water partition coefficient (Wildman–Crippen LogP) is 5.33. The number of alkyl halides is 2. The van der Waals surface area contributed by atoms with Gasteiger partial charge >= 0.3 is 0 Å². The minimum Gasteiger partial charge on any atom is -0.327 e. The summed E-state index contributed by atoms with van der Waals surface area (Å²) in [6.07, 6.45) is 3.73. The number of nitrogens with zero attached hydrogens (tertiary/aromatic N) is 3. The topological polar surface area (TPSA) is 55.2 Å². The van der Waals surface area contributed by atoms with Gasteiger partial charge in [-0.15, -0.1) is 0 Å². The van der Waals surface area contributed by atoms with Gasteiger partial charge in [0.25, 0.3) is 0 Å². The molecule has 0 atom stereocenters. The van der Waals surface area contributed by atoms with Crippen molar-refractivity contribution < 1.29 is 17.2 Å². The van der Waals surface area contributed by atoms with E-state index >= 15 is 0 Å². The normalized spacial score (nSPS) is 21.6. The molecule has 172 valence electrons. The molecule has 0 bridgehead atoms. The van der Waals surface area contributed by atoms with Crippen molar-refractivity contribution in [2.75, 3.05) is 13.1 Å². The van der Waals surface area contributed by atoms with Gasteiger partial charge < -0.3 is 4.57 Å². The first-order valence-electron chi connectivity index (χ1n) is 11.4. The summed E-state index contributed by atoms with van der Waals surface area (Å²) in [5, 5.41) is 0. The minimum atomic E-state index is -3.53. The maximum absolute atomic E-state index is 13.6. The largest absolute Gasteiger partial charge is 0.327 e. The first-order chi connectivity index (χ1) is 14.5. The van der Waals surface area contributed by atoms with E-state index in [1.165, 1.54) is 0 Å². The van der Waals surface area contributed by atoms with E-state index in [1.54, 1.807) is 16.4 Å². The van der Waals surface area contributed by atoms with E-state index in [1.807, 2.05) is 6.07 Å². The highest BCUT2D eigenvalue weighted by Gasteiger charge is 2.36. The van der Waals surface area contributed by atoms with Gasteiger partial charge in [0.2, 0.25) is 15.9 Å². The first-order valence-corrected chi connectivity index (χ1v) is 12.8. The van der Waals surface area contributed by atoms with Crippen LogP contribution in [0.1, 0.15) is 71.5 Å². The Hall–Kier alpha value is -1.54. The molecule has 1 aromatic carbocycles. The monoisotopic (exact) mass is 453 g/mol. The second kappa shape index (κ2) is 8.10. The number of piperidine rings is 1. The second-order valence-corrected chi connectivity index (χ2v) is 12.1. The zero-order valence-electron chi connectivity index (χ0n) is 18.7. The van der Waals surface area contributed by atoms with Gasteiger partial charge in [-0.1, -0.05) is 27.2 Å². The van der Waals surface area contributed by atoms with Crippen molar-refractivity contribution in [3.8, 4) is 0 Å². The van der Waals surface area contributed by atoms with E-state index < -0.39 is 15.9 Å². The number of sulfonamides is 1. The molecule has 0 amide bonds. The van der Waals surface area contributed by atoms with Crippen molar-refractivity contribution in [1.29, 1.82) is 0 Å². The molecule has 1 aliphatic carbocycles. The molecule has 2 aliphatic rings. The van der Waals surface area contributed by atoms with Crippen molar-refractivity contribution >= 4 is 21.1 Å². The van der Waals surface area contributed by atoms with Crippen LogP contribution < -0.4 is 0 Å². The van der Waals surface area contributed by atoms with Crippen LogP contribution in [0.25, 0.3) is 11.0 Å². The van der Waals surface area contributed by atoms with Crippen LogP contribution in [-0.4, -0.2) is 41.3 Å². The molecule has 31 heavy (non-hydrogen) atoms. The zero-order valence-corrected chi connectivity index (χ0v) is 19.5. The number of hydrogen-bond acceptors (Lipinski definition) is 3. The summed E-state index contributed by atoms with van der Waals surface area (Å²) in [5.74, 6) is -1.50. The van der Waals surface area contributed by atoms with Crippen LogP contribution in [0.15, 0.2) is 23.1 Å². The molecular formula is C23H33F2N3O2S. The SMILES string of the molecule is CC(C)(C)c1nc2cc(S(=O)(=O)N3CCCCC3)ccc2n1CC1CCC(F)(F)CC1. The standard InChI is InChI=1S/C23H33F2N3O2S/c1-22(2,3)21-26-19-15-18(31(29,30)27-13-5-4-6-14-27)7-8-20(19)28(21)16-17-9-11-23(24,25)12-10-17/h7-8,15,17H,4-6,9-14,16H2,1-3H3. The second-order valence-electron chi connectivity index (χ2n) is 10.2. The highest BCUT2D eigenvalue weighted by Crippen LogP contribution is 2.38. The third kappa shape index (κ3) is 4.65. The Morgan fingerprint density at radius 2 is 1.74 bits per heavy atom. The molecule has 1 saturated heterocycles. The van der Waals surface area contributed by atoms with Crippen LogP contribution in [0.5, 0.6) is 0 Å². The third-order valence-electron chi connectivity index (χ3n) is 6.62. The fourth-order valence-corrected chi connectivity index (χ4v) is 6.36. The summed E-state index contributed by atoms with van der Waals surface area (Å²) in [5.41, 5.74) is 1.28. The van der Waals surface area contributed by atoms with Crippen LogP contribution in [0.4, 0.5) is 8.78 Å². The van der Waals surface area contributed by atoms with Crippen LogP contribution in [0.2, 0.25) is 0 Å². The lowest BCUT2D eigenvalue weighted by Crippen LogP contribution is -2.35. The lowest BCUT2D eigenvalue weighted by Gasteiger charge is -2.30. The highest BCUT2D eigenvalue weighted by atomic mass is 32.2. The Balaban J connectivity index is 1.69. The number of aromatic nitrogens is 2. The number of benzene rings is 1. The van der Waals surface area contributed by atoms with Gasteiger partial charge in [0.15, 0.2) is 0 Å². The molecule has 8 heteroatoms. The molecule has 1 aliphatic heterocycles. The van der Waals surface area contributed by atoms with Gasteiger partial charge in [0.05, 0.1) is 15.9 Å². The van der Waals surface area contributed by atoms with Gasteiger partial charge in [-0.05, 0) is 49.8 Å². The van der Waals surface area contributed by atoms with Gasteiger partial charge in [-0.2, -0.15) is 4.31 Å². The highest BCUT2D eigenvalue weighted by molar-refractivity contribution is 7.89. The number of imidazole rings is 1. The average molecular weight is 454 g/mol. The lowest BCUT2D eigenvalue weighted by atomic mass is 9.86. The fraction of sp³-hybridized carbons (Fsp3) is 0.696. The zero-order chi connectivity index (χ0) is 22.4. The van der Waals surface area contributed by atoms with Crippen molar-refractivity contribution in [3.05, 3.63) is 24.0 Å². The molecule has 5 nitrogen and oxygen atoms in total. The molecule has 2 heterocycles. The summed E-state index contributed by atoms with van der Waals surface area (Å²) in [7, 11) is -3.53. The molecular weight excluding hydrogens is 420 g/mol. The van der Waals surface area contributed by atoms with E-state index in [4.69, 9.17) is 4.98 Å². The fourth-order valence-electron chi connectivity index (χ4n) is 4.82. The Morgan fingerprint density at radius 3 is 2.35 bits per heavy atom. The van der Waals surface area contributed by atoms with Crippen LogP contribution >= 0.6 is 0 Å². The number of halogens is 2. The smallest absolute Gasteiger partial charge is 0.248 e. The molecule has 4 rings (SSSR count). The van der Waals surface area contributed by atoms with Crippen molar-refractivity contribution in [1.82, 2.24) is 13.9 Å². The third-order valence-corrected chi connectivity index (χ3v) is 8.52. The summed E-state index contributed by atoms with van der Waals surface area (Å²) in [6.45, 7) is 7.99. The van der Waals surface area contributed by atoms with E-state index in [9.17, 15) is 17.2 Å². The predicted molar refractivity (Wildman–Crippen MR) is 118 cm³/mol. The van der Waals surface area contributed by atoms with E-state index in [2.05, 4.69) is 25.3 Å². The van der Waals surface area contributed by atoms with Crippen LogP contribution in [0, 0.1) is 5.92 Å². The van der Waals surface area contributed by atoms with Crippen molar-refractivity contribution in [2.24, 2.45) is 5.92 Å². The molecule has 1 aromatic heterocycles. The van der Waals surface area contributed by atoms with Gasteiger partial charge in [-0.3, -0.25) is 0 Å². The van der Waals surface area contributed by atoms with Gasteiger partial charge in [-0.25, -0.2) is 22.2 Å². The van der Waals surface area contributed by atoms with Crippen molar-refractivity contribution in [3.63, 3.8) is 0 Å². The van der Waals surface area contributed by atoms with Gasteiger partial charge in [0.1, 0.15) is 5.82 Å². The maximum atomic E-state index is 13.6. The molecule has 0 unspecified atom stereocenters. The van der Waals surface area contributed by atoms with E-state index in [0.29, 0.717) is 38.0 Å². The molecule has 0 N–H and O–H groups in total. The Bertz CT molecular complexity index is 1040. The number of hydrogen-bond donors (Lipinski definition) is 0. The first kappa shape index (κ1) is 22.6. The summed E-state index contributed by atoms with van der Waals surface area (Å²) < 4.78 is 57.1. The molecule has 0 spiro atoms. The lowest BCUT2D eigenvalue weighted by molar-refractivity contribution is -0.0473. The summed E-state index contributed by atoms with van der Waals surface area (Å²) >= 11 is 0. The summed E-state index contributed by atoms with van der Waals surface area (Å²) in [6, 6.07) is 5.19. The van der Waals surface area contributed by atoms with E-state index in [-0.39, 0.29) is 29.1 Å². The van der Waals surface area contributed by atoms with Crippen molar-refractivity contribution in [2.45, 2.75) is 88.5 Å².